The number of rotatable bonds is 1. The van der Waals surface area contributed by atoms with E-state index in [9.17, 15) is 4.39 Å². The molecule has 0 saturated carbocycles. The Kier molecular flexibility index (Phi) is 2.69. The van der Waals surface area contributed by atoms with Gasteiger partial charge in [-0.05, 0) is 18.2 Å². The molecule has 0 radical (unpaired) electrons. The maximum Gasteiger partial charge on any atom is 0.261 e. The van der Waals surface area contributed by atoms with Crippen molar-refractivity contribution < 1.29 is 8.91 Å². The SMILES string of the molecule is Fc1cc(Cl)ccc1-c1nc(I)no1. The van der Waals surface area contributed by atoms with Gasteiger partial charge in [-0.25, -0.2) is 4.39 Å². The molecule has 14 heavy (non-hydrogen) atoms. The molecule has 6 heteroatoms. The number of aromatic nitrogens is 2. The first-order chi connectivity index (χ1) is 6.66. The molecule has 0 atom stereocenters. The standard InChI is InChI=1S/C8H3ClFIN2O/c9-4-1-2-5(6(10)3-4)7-12-8(11)13-14-7/h1-3H. The molecule has 1 aromatic carbocycles. The third-order valence-corrected chi connectivity index (χ3v) is 2.24. The molecule has 1 heterocycles. The third-order valence-electron chi connectivity index (χ3n) is 1.56. The zero-order valence-electron chi connectivity index (χ0n) is 6.67. The molecular weight excluding hydrogens is 321 g/mol. The van der Waals surface area contributed by atoms with Crippen molar-refractivity contribution in [2.75, 3.05) is 0 Å². The fourth-order valence-electron chi connectivity index (χ4n) is 0.978. The van der Waals surface area contributed by atoms with Crippen molar-refractivity contribution in [3.05, 3.63) is 32.9 Å². The summed E-state index contributed by atoms with van der Waals surface area (Å²) in [6, 6.07) is 4.27. The normalized spacial score (nSPS) is 10.5. The van der Waals surface area contributed by atoms with Crippen molar-refractivity contribution in [3.63, 3.8) is 0 Å². The topological polar surface area (TPSA) is 38.9 Å². The van der Waals surface area contributed by atoms with Crippen molar-refractivity contribution in [2.24, 2.45) is 0 Å². The molecule has 1 aromatic heterocycles. The highest BCUT2D eigenvalue weighted by molar-refractivity contribution is 14.1. The molecule has 2 aromatic rings. The molecule has 0 bridgehead atoms. The minimum atomic E-state index is -0.474. The molecule has 0 spiro atoms. The van der Waals surface area contributed by atoms with E-state index in [1.165, 1.54) is 12.1 Å². The molecule has 0 aliphatic rings. The average molecular weight is 324 g/mol. The fraction of sp³-hybridized carbons (Fsp3) is 0. The molecule has 0 aliphatic heterocycles. The second-order valence-corrected chi connectivity index (χ2v) is 3.89. The van der Waals surface area contributed by atoms with Gasteiger partial charge < -0.3 is 4.52 Å². The van der Waals surface area contributed by atoms with E-state index in [1.807, 2.05) is 22.6 Å². The van der Waals surface area contributed by atoms with Gasteiger partial charge in [-0.1, -0.05) is 16.8 Å². The van der Waals surface area contributed by atoms with Crippen molar-refractivity contribution >= 4 is 34.2 Å². The van der Waals surface area contributed by atoms with E-state index >= 15 is 0 Å². The van der Waals surface area contributed by atoms with Gasteiger partial charge in [-0.3, -0.25) is 0 Å². The van der Waals surface area contributed by atoms with Crippen molar-refractivity contribution in [1.29, 1.82) is 0 Å². The van der Waals surface area contributed by atoms with Gasteiger partial charge in [0.15, 0.2) is 0 Å². The Balaban J connectivity index is 2.52. The number of hydrogen-bond acceptors (Lipinski definition) is 3. The number of hydrogen-bond donors (Lipinski definition) is 0. The summed E-state index contributed by atoms with van der Waals surface area (Å²) in [7, 11) is 0. The second kappa shape index (κ2) is 3.82. The fourth-order valence-corrected chi connectivity index (χ4v) is 1.45. The molecule has 0 saturated heterocycles. The Morgan fingerprint density at radius 2 is 2.21 bits per heavy atom. The summed E-state index contributed by atoms with van der Waals surface area (Å²) >= 11 is 7.48. The van der Waals surface area contributed by atoms with Crippen molar-refractivity contribution in [1.82, 2.24) is 10.1 Å². The number of nitrogens with zero attached hydrogens (tertiary/aromatic N) is 2. The number of benzene rings is 1. The summed E-state index contributed by atoms with van der Waals surface area (Å²) in [5.74, 6) is -0.318. The lowest BCUT2D eigenvalue weighted by Gasteiger charge is -1.96. The molecular formula is C8H3ClFIN2O. The van der Waals surface area contributed by atoms with Crippen LogP contribution in [0.1, 0.15) is 0 Å². The Morgan fingerprint density at radius 1 is 1.43 bits per heavy atom. The average Bonchev–Trinajstić information content (AvgIpc) is 2.51. The van der Waals surface area contributed by atoms with Gasteiger partial charge in [-0.15, -0.1) is 0 Å². The van der Waals surface area contributed by atoms with Crippen LogP contribution in [0.15, 0.2) is 22.7 Å². The maximum atomic E-state index is 13.3. The minimum absolute atomic E-state index is 0.156. The maximum absolute atomic E-state index is 13.3. The smallest absolute Gasteiger partial charge is 0.261 e. The molecule has 3 nitrogen and oxygen atoms in total. The Labute approximate surface area is 97.4 Å². The van der Waals surface area contributed by atoms with Crippen LogP contribution < -0.4 is 0 Å². The highest BCUT2D eigenvalue weighted by Crippen LogP contribution is 2.23. The van der Waals surface area contributed by atoms with Crippen LogP contribution in [-0.2, 0) is 0 Å². The van der Waals surface area contributed by atoms with E-state index in [1.54, 1.807) is 6.07 Å². The minimum Gasteiger partial charge on any atom is -0.333 e. The molecule has 0 amide bonds. The molecule has 0 N–H and O–H groups in total. The van der Waals surface area contributed by atoms with Gasteiger partial charge in [0.1, 0.15) is 5.82 Å². The molecule has 0 fully saturated rings. The summed E-state index contributed by atoms with van der Waals surface area (Å²) in [6.07, 6.45) is 0. The van der Waals surface area contributed by atoms with Crippen LogP contribution in [0.25, 0.3) is 11.5 Å². The Morgan fingerprint density at radius 3 is 2.79 bits per heavy atom. The van der Waals surface area contributed by atoms with Crippen molar-refractivity contribution in [3.8, 4) is 11.5 Å². The summed E-state index contributed by atoms with van der Waals surface area (Å²) in [5, 5.41) is 3.89. The lowest BCUT2D eigenvalue weighted by molar-refractivity contribution is 0.423. The molecule has 0 unspecified atom stereocenters. The first-order valence-electron chi connectivity index (χ1n) is 3.61. The van der Waals surface area contributed by atoms with Crippen molar-refractivity contribution in [2.45, 2.75) is 0 Å². The van der Waals surface area contributed by atoms with Crippen LogP contribution in [-0.4, -0.2) is 10.1 Å². The third kappa shape index (κ3) is 1.88. The lowest BCUT2D eigenvalue weighted by Crippen LogP contribution is -1.84. The van der Waals surface area contributed by atoms with E-state index in [0.29, 0.717) is 8.85 Å². The zero-order chi connectivity index (χ0) is 10.1. The van der Waals surface area contributed by atoms with E-state index in [-0.39, 0.29) is 11.5 Å². The summed E-state index contributed by atoms with van der Waals surface area (Å²) < 4.78 is 18.6. The first kappa shape index (κ1) is 9.85. The zero-order valence-corrected chi connectivity index (χ0v) is 9.58. The van der Waals surface area contributed by atoms with E-state index < -0.39 is 5.82 Å². The monoisotopic (exact) mass is 324 g/mol. The van der Waals surface area contributed by atoms with Crippen LogP contribution >= 0.6 is 34.2 Å². The van der Waals surface area contributed by atoms with E-state index in [4.69, 9.17) is 16.1 Å². The highest BCUT2D eigenvalue weighted by atomic mass is 127. The first-order valence-corrected chi connectivity index (χ1v) is 5.07. The largest absolute Gasteiger partial charge is 0.333 e. The van der Waals surface area contributed by atoms with Gasteiger partial charge in [0.25, 0.3) is 5.89 Å². The van der Waals surface area contributed by atoms with E-state index in [0.717, 1.165) is 0 Å². The lowest BCUT2D eigenvalue weighted by atomic mass is 10.2. The quantitative estimate of drug-likeness (QED) is 0.757. The molecule has 0 aliphatic carbocycles. The Bertz CT molecular complexity index is 474. The van der Waals surface area contributed by atoms with Crippen LogP contribution in [0.3, 0.4) is 0 Å². The van der Waals surface area contributed by atoms with Gasteiger partial charge in [0.05, 0.1) is 5.56 Å². The van der Waals surface area contributed by atoms with Gasteiger partial charge in [0, 0.05) is 27.6 Å². The van der Waals surface area contributed by atoms with Crippen LogP contribution in [0.4, 0.5) is 4.39 Å². The van der Waals surface area contributed by atoms with E-state index in [2.05, 4.69) is 10.1 Å². The van der Waals surface area contributed by atoms with Gasteiger partial charge >= 0.3 is 0 Å². The second-order valence-electron chi connectivity index (χ2n) is 2.49. The van der Waals surface area contributed by atoms with Crippen LogP contribution in [0.2, 0.25) is 5.02 Å². The molecule has 2 rings (SSSR count). The Hall–Kier alpha value is -0.690. The van der Waals surface area contributed by atoms with Gasteiger partial charge in [-0.2, -0.15) is 4.98 Å². The molecule has 72 valence electrons. The summed E-state index contributed by atoms with van der Waals surface area (Å²) in [5.41, 5.74) is 0.254. The predicted octanol–water partition coefficient (Wildman–Crippen LogP) is 3.13. The highest BCUT2D eigenvalue weighted by Gasteiger charge is 2.12. The summed E-state index contributed by atoms with van der Waals surface area (Å²) in [4.78, 5) is 3.90. The predicted molar refractivity (Wildman–Crippen MR) is 57.4 cm³/mol. The van der Waals surface area contributed by atoms with Crippen LogP contribution in [0.5, 0.6) is 0 Å². The summed E-state index contributed by atoms with van der Waals surface area (Å²) in [6.45, 7) is 0. The number of halogens is 3. The van der Waals surface area contributed by atoms with Crippen LogP contribution in [0, 0.1) is 9.65 Å². The van der Waals surface area contributed by atoms with Gasteiger partial charge in [0.2, 0.25) is 3.83 Å².